The third kappa shape index (κ3) is 43.1. The van der Waals surface area contributed by atoms with Crippen molar-refractivity contribution in [1.29, 1.82) is 0 Å². The molecule has 0 heterocycles. The van der Waals surface area contributed by atoms with Crippen molar-refractivity contribution in [3.8, 4) is 0 Å². The van der Waals surface area contributed by atoms with Crippen LogP contribution in [0.25, 0.3) is 0 Å². The maximum atomic E-state index is 8.36. The molecule has 0 aromatic heterocycles. The van der Waals surface area contributed by atoms with E-state index in [2.05, 4.69) is 0 Å². The SMILES string of the molecule is O=[N+]([O-])O.[Ca+2].[Ca+2].[H-].[H-].[H-].[H-]. The van der Waals surface area contributed by atoms with E-state index in [1.54, 1.807) is 0 Å². The average molecular weight is 147 g/mol. The maximum Gasteiger partial charge on any atom is 2.00 e. The molecule has 4 nitrogen and oxygen atoms in total. The second-order valence-corrected chi connectivity index (χ2v) is 0.238. The van der Waals surface area contributed by atoms with Crippen molar-refractivity contribution < 1.29 is 16.0 Å². The van der Waals surface area contributed by atoms with Gasteiger partial charge in [-0.25, -0.2) is 0 Å². The van der Waals surface area contributed by atoms with Gasteiger partial charge in [-0.05, 0) is 0 Å². The van der Waals surface area contributed by atoms with Gasteiger partial charge in [0.15, 0.2) is 0 Å². The molecule has 1 N–H and O–H groups in total. The molecule has 32 valence electrons. The van der Waals surface area contributed by atoms with Crippen LogP contribution in [0.15, 0.2) is 0 Å². The van der Waals surface area contributed by atoms with Crippen LogP contribution in [-0.4, -0.2) is 85.8 Å². The van der Waals surface area contributed by atoms with E-state index in [4.69, 9.17) is 15.3 Å². The Morgan fingerprint density at radius 1 is 1.67 bits per heavy atom. The van der Waals surface area contributed by atoms with Crippen molar-refractivity contribution in [2.24, 2.45) is 0 Å². The van der Waals surface area contributed by atoms with Crippen molar-refractivity contribution in [3.63, 3.8) is 0 Å². The first-order valence-electron chi connectivity index (χ1n) is 0.565. The molecule has 6 heavy (non-hydrogen) atoms. The molecule has 0 rings (SSSR count). The minimum Gasteiger partial charge on any atom is -1.00 e. The minimum absolute atomic E-state index is 0. The third-order valence-corrected chi connectivity index (χ3v) is 0. The number of nitrogens with zero attached hydrogens (tertiary/aromatic N) is 1. The summed E-state index contributed by atoms with van der Waals surface area (Å²) in [6.45, 7) is 0. The van der Waals surface area contributed by atoms with Crippen LogP contribution >= 0.6 is 0 Å². The summed E-state index contributed by atoms with van der Waals surface area (Å²) in [6.07, 6.45) is 0. The van der Waals surface area contributed by atoms with Crippen molar-refractivity contribution >= 4 is 75.5 Å². The topological polar surface area (TPSA) is 63.4 Å². The summed E-state index contributed by atoms with van der Waals surface area (Å²) < 4.78 is 0. The predicted octanol–water partition coefficient (Wildman–Crippen LogP) is -0.659. The van der Waals surface area contributed by atoms with Gasteiger partial charge in [-0.2, -0.15) is 0 Å². The van der Waals surface area contributed by atoms with Crippen molar-refractivity contribution in [3.05, 3.63) is 10.1 Å². The van der Waals surface area contributed by atoms with Crippen LogP contribution in [0.3, 0.4) is 0 Å². The standard InChI is InChI=1S/2Ca.HNO3.4H/c;;2-1(3)4;;;;/h;;(H,2,3,4);;;;/q2*+2;;4*-1. The molecule has 0 aromatic rings. The van der Waals surface area contributed by atoms with Gasteiger partial charge in [-0.1, -0.05) is 0 Å². The Bertz CT molecular complexity index is 41.5. The van der Waals surface area contributed by atoms with Gasteiger partial charge in [0.25, 0.3) is 5.09 Å². The molecule has 0 amide bonds. The maximum absolute atomic E-state index is 8.36. The van der Waals surface area contributed by atoms with E-state index in [9.17, 15) is 0 Å². The summed E-state index contributed by atoms with van der Waals surface area (Å²) in [6, 6.07) is 0. The average Bonchev–Trinajstić information content (AvgIpc) is 0.811. The van der Waals surface area contributed by atoms with E-state index < -0.39 is 5.09 Å². The van der Waals surface area contributed by atoms with Gasteiger partial charge in [-0.3, -0.25) is 0 Å². The van der Waals surface area contributed by atoms with Crippen LogP contribution in [0.5, 0.6) is 0 Å². The molecule has 0 radical (unpaired) electrons. The molecule has 0 fully saturated rings. The van der Waals surface area contributed by atoms with Crippen LogP contribution in [0.4, 0.5) is 0 Å². The monoisotopic (exact) mass is 147 g/mol. The van der Waals surface area contributed by atoms with Crippen molar-refractivity contribution in [2.75, 3.05) is 0 Å². The Morgan fingerprint density at radius 3 is 1.67 bits per heavy atom. The molecule has 0 aromatic carbocycles. The third-order valence-electron chi connectivity index (χ3n) is 0. The Hall–Kier alpha value is 1.72. The summed E-state index contributed by atoms with van der Waals surface area (Å²) >= 11 is 0. The molecule has 0 atom stereocenters. The van der Waals surface area contributed by atoms with E-state index in [-0.39, 0.29) is 81.2 Å². The molecule has 0 spiro atoms. The first kappa shape index (κ1) is 15.6. The summed E-state index contributed by atoms with van der Waals surface area (Å²) in [5.41, 5.74) is 0. The van der Waals surface area contributed by atoms with Gasteiger partial charge in [-0.15, -0.1) is 10.1 Å². The zero-order chi connectivity index (χ0) is 3.58. The number of hydrogen-bond donors (Lipinski definition) is 1. The van der Waals surface area contributed by atoms with Gasteiger partial charge < -0.3 is 10.9 Å². The van der Waals surface area contributed by atoms with Crippen LogP contribution in [-0.2, 0) is 0 Å². The molecule has 0 unspecified atom stereocenters. The predicted molar refractivity (Wildman–Crippen MR) is 24.7 cm³/mol. The molecular formula is H5Ca2NO3. The quantitative estimate of drug-likeness (QED) is 0.281. The van der Waals surface area contributed by atoms with Crippen LogP contribution in [0.1, 0.15) is 5.71 Å². The normalized spacial score (nSPS) is 4.00. The molecule has 0 saturated heterocycles. The first-order chi connectivity index (χ1) is 1.73. The van der Waals surface area contributed by atoms with E-state index in [0.717, 1.165) is 0 Å². The summed E-state index contributed by atoms with van der Waals surface area (Å²) in [7, 11) is 0. The zero-order valence-electron chi connectivity index (χ0n) is 7.13. The molecule has 0 aliphatic heterocycles. The summed E-state index contributed by atoms with van der Waals surface area (Å²) in [5, 5.41) is 13.6. The minimum atomic E-state index is -1.50. The Balaban J connectivity index is -0.00000000300. The Labute approximate surface area is 99.9 Å². The fourth-order valence-corrected chi connectivity index (χ4v) is 0. The van der Waals surface area contributed by atoms with E-state index in [1.807, 2.05) is 0 Å². The second kappa shape index (κ2) is 9.87. The first-order valence-corrected chi connectivity index (χ1v) is 0.565. The largest absolute Gasteiger partial charge is 2.00 e. The van der Waals surface area contributed by atoms with Gasteiger partial charge in [0.1, 0.15) is 0 Å². The van der Waals surface area contributed by atoms with Crippen molar-refractivity contribution in [1.82, 2.24) is 0 Å². The molecule has 0 bridgehead atoms. The molecule has 0 saturated carbocycles. The van der Waals surface area contributed by atoms with Gasteiger partial charge in [0.05, 0.1) is 0 Å². The molecular weight excluding hydrogens is 142 g/mol. The number of rotatable bonds is 0. The van der Waals surface area contributed by atoms with Gasteiger partial charge >= 0.3 is 75.5 Å². The molecule has 0 aliphatic rings. The summed E-state index contributed by atoms with van der Waals surface area (Å²) in [5.74, 6) is 0. The number of hydrogen-bond acceptors (Lipinski definition) is 2. The molecule has 6 heteroatoms. The van der Waals surface area contributed by atoms with E-state index >= 15 is 0 Å². The summed E-state index contributed by atoms with van der Waals surface area (Å²) in [4.78, 5) is 8.36. The fourth-order valence-electron chi connectivity index (χ4n) is 0. The van der Waals surface area contributed by atoms with Gasteiger partial charge in [0.2, 0.25) is 0 Å². The smallest absolute Gasteiger partial charge is 1.00 e. The van der Waals surface area contributed by atoms with Crippen molar-refractivity contribution in [2.45, 2.75) is 0 Å². The molecule has 0 aliphatic carbocycles. The zero-order valence-corrected chi connectivity index (χ0v) is 7.54. The van der Waals surface area contributed by atoms with E-state index in [1.165, 1.54) is 0 Å². The van der Waals surface area contributed by atoms with Crippen LogP contribution in [0.2, 0.25) is 0 Å². The van der Waals surface area contributed by atoms with E-state index in [0.29, 0.717) is 0 Å². The van der Waals surface area contributed by atoms with Crippen LogP contribution < -0.4 is 0 Å². The second-order valence-electron chi connectivity index (χ2n) is 0.238. The van der Waals surface area contributed by atoms with Gasteiger partial charge in [0, 0.05) is 0 Å². The van der Waals surface area contributed by atoms with Crippen LogP contribution in [0, 0.1) is 10.1 Å². The Kier molecular flexibility index (Phi) is 25.7. The Morgan fingerprint density at radius 2 is 1.67 bits per heavy atom. The fraction of sp³-hybridized carbons (Fsp3) is 0.